The van der Waals surface area contributed by atoms with Crippen LogP contribution in [0.2, 0.25) is 0 Å². The lowest BCUT2D eigenvalue weighted by Gasteiger charge is -2.23. The first-order valence-corrected chi connectivity index (χ1v) is 9.97. The molecule has 3 heteroatoms. The van der Waals surface area contributed by atoms with Crippen LogP contribution in [0, 0.1) is 0 Å². The molecule has 27 heavy (non-hydrogen) atoms. The van der Waals surface area contributed by atoms with Crippen molar-refractivity contribution in [3.8, 4) is 11.5 Å². The van der Waals surface area contributed by atoms with E-state index in [9.17, 15) is 4.79 Å². The standard InChI is InChI=1S/C24H32O3/c1-5-8-19-10-14-22(15-11-19)27-23(25)9-7-18-26-21-16-12-20(13-17-21)24(3,4)6-2/h10-17H,5-9,18H2,1-4H3. The third-order valence-corrected chi connectivity index (χ3v) is 5.01. The largest absolute Gasteiger partial charge is 0.494 e. The Morgan fingerprint density at radius 3 is 2.15 bits per heavy atom. The second-order valence-electron chi connectivity index (χ2n) is 7.58. The minimum absolute atomic E-state index is 0.178. The van der Waals surface area contributed by atoms with E-state index in [1.807, 2.05) is 36.4 Å². The van der Waals surface area contributed by atoms with E-state index in [4.69, 9.17) is 9.47 Å². The molecule has 2 rings (SSSR count). The number of hydrogen-bond acceptors (Lipinski definition) is 3. The van der Waals surface area contributed by atoms with Crippen molar-refractivity contribution < 1.29 is 14.3 Å². The van der Waals surface area contributed by atoms with Crippen LogP contribution in [0.1, 0.15) is 64.5 Å². The van der Waals surface area contributed by atoms with E-state index in [0.29, 0.717) is 25.2 Å². The Balaban J connectivity index is 1.70. The maximum Gasteiger partial charge on any atom is 0.311 e. The molecule has 0 aliphatic rings. The summed E-state index contributed by atoms with van der Waals surface area (Å²) < 4.78 is 11.1. The number of benzene rings is 2. The predicted molar refractivity (Wildman–Crippen MR) is 111 cm³/mol. The molecule has 0 amide bonds. The number of carbonyl (C=O) groups is 1. The Labute approximate surface area is 163 Å². The number of carbonyl (C=O) groups excluding carboxylic acids is 1. The van der Waals surface area contributed by atoms with Gasteiger partial charge >= 0.3 is 5.97 Å². The van der Waals surface area contributed by atoms with Crippen LogP contribution in [-0.4, -0.2) is 12.6 Å². The summed E-state index contributed by atoms with van der Waals surface area (Å²) in [7, 11) is 0. The van der Waals surface area contributed by atoms with Gasteiger partial charge in [0.25, 0.3) is 0 Å². The molecule has 2 aromatic rings. The van der Waals surface area contributed by atoms with Crippen LogP contribution >= 0.6 is 0 Å². The first kappa shape index (κ1) is 21.0. The van der Waals surface area contributed by atoms with Gasteiger partial charge in [-0.05, 0) is 60.1 Å². The van der Waals surface area contributed by atoms with Crippen molar-refractivity contribution in [1.82, 2.24) is 0 Å². The van der Waals surface area contributed by atoms with Crippen LogP contribution in [0.15, 0.2) is 48.5 Å². The lowest BCUT2D eigenvalue weighted by molar-refractivity contribution is -0.134. The highest BCUT2D eigenvalue weighted by Crippen LogP contribution is 2.28. The summed E-state index contributed by atoms with van der Waals surface area (Å²) in [6.45, 7) is 9.33. The van der Waals surface area contributed by atoms with Gasteiger partial charge < -0.3 is 9.47 Å². The first-order chi connectivity index (χ1) is 12.9. The van der Waals surface area contributed by atoms with Gasteiger partial charge in [0.05, 0.1) is 6.61 Å². The zero-order valence-electron chi connectivity index (χ0n) is 17.1. The molecule has 0 atom stereocenters. The average molecular weight is 369 g/mol. The number of ether oxygens (including phenoxy) is 2. The van der Waals surface area contributed by atoms with Gasteiger partial charge in [-0.15, -0.1) is 0 Å². The molecule has 0 saturated heterocycles. The molecular weight excluding hydrogens is 336 g/mol. The molecule has 3 nitrogen and oxygen atoms in total. The number of esters is 1. The van der Waals surface area contributed by atoms with Crippen LogP contribution < -0.4 is 9.47 Å². The van der Waals surface area contributed by atoms with Gasteiger partial charge in [0.1, 0.15) is 11.5 Å². The van der Waals surface area contributed by atoms with E-state index in [0.717, 1.165) is 25.0 Å². The van der Waals surface area contributed by atoms with Gasteiger partial charge in [-0.25, -0.2) is 0 Å². The fourth-order valence-corrected chi connectivity index (χ4v) is 2.81. The maximum absolute atomic E-state index is 11.9. The molecule has 0 N–H and O–H groups in total. The number of aryl methyl sites for hydroxylation is 1. The molecular formula is C24H32O3. The van der Waals surface area contributed by atoms with Crippen LogP contribution in [0.4, 0.5) is 0 Å². The van der Waals surface area contributed by atoms with Gasteiger partial charge in [-0.3, -0.25) is 4.79 Å². The van der Waals surface area contributed by atoms with Gasteiger partial charge in [0.2, 0.25) is 0 Å². The normalized spacial score (nSPS) is 11.3. The summed E-state index contributed by atoms with van der Waals surface area (Å²) >= 11 is 0. The van der Waals surface area contributed by atoms with Gasteiger partial charge in [0, 0.05) is 6.42 Å². The molecule has 0 saturated carbocycles. The van der Waals surface area contributed by atoms with Crippen LogP contribution in [0.3, 0.4) is 0 Å². The Kier molecular flexibility index (Phi) is 7.90. The van der Waals surface area contributed by atoms with E-state index in [2.05, 4.69) is 39.8 Å². The summed E-state index contributed by atoms with van der Waals surface area (Å²) in [5, 5.41) is 0. The number of hydrogen-bond donors (Lipinski definition) is 0. The minimum atomic E-state index is -0.220. The lowest BCUT2D eigenvalue weighted by Crippen LogP contribution is -2.15. The van der Waals surface area contributed by atoms with Crippen molar-refractivity contribution in [2.75, 3.05) is 6.61 Å². The van der Waals surface area contributed by atoms with Crippen molar-refractivity contribution in [2.24, 2.45) is 0 Å². The summed E-state index contributed by atoms with van der Waals surface area (Å²) in [5.74, 6) is 1.22. The molecule has 0 unspecified atom stereocenters. The highest BCUT2D eigenvalue weighted by Gasteiger charge is 2.17. The molecule has 0 spiro atoms. The van der Waals surface area contributed by atoms with Crippen molar-refractivity contribution in [3.05, 3.63) is 59.7 Å². The molecule has 0 aliphatic heterocycles. The molecule has 0 heterocycles. The summed E-state index contributed by atoms with van der Waals surface area (Å²) in [6.07, 6.45) is 4.23. The van der Waals surface area contributed by atoms with E-state index in [1.165, 1.54) is 11.1 Å². The molecule has 0 aliphatic carbocycles. The topological polar surface area (TPSA) is 35.5 Å². The summed E-state index contributed by atoms with van der Waals surface area (Å²) in [6, 6.07) is 16.0. The average Bonchev–Trinajstić information content (AvgIpc) is 2.67. The Hall–Kier alpha value is -2.29. The zero-order chi connectivity index (χ0) is 19.7. The fourth-order valence-electron chi connectivity index (χ4n) is 2.81. The van der Waals surface area contributed by atoms with Crippen LogP contribution in [0.5, 0.6) is 11.5 Å². The smallest absolute Gasteiger partial charge is 0.311 e. The van der Waals surface area contributed by atoms with Crippen molar-refractivity contribution in [2.45, 2.75) is 65.2 Å². The number of rotatable bonds is 10. The van der Waals surface area contributed by atoms with Crippen LogP contribution in [-0.2, 0) is 16.6 Å². The minimum Gasteiger partial charge on any atom is -0.494 e. The molecule has 0 radical (unpaired) electrons. The van der Waals surface area contributed by atoms with E-state index in [-0.39, 0.29) is 11.4 Å². The lowest BCUT2D eigenvalue weighted by atomic mass is 9.82. The molecule has 0 fully saturated rings. The van der Waals surface area contributed by atoms with Gasteiger partial charge in [0.15, 0.2) is 0 Å². The second-order valence-corrected chi connectivity index (χ2v) is 7.58. The van der Waals surface area contributed by atoms with Gasteiger partial charge in [-0.2, -0.15) is 0 Å². The van der Waals surface area contributed by atoms with Crippen molar-refractivity contribution in [3.63, 3.8) is 0 Å². The Morgan fingerprint density at radius 1 is 0.926 bits per heavy atom. The summed E-state index contributed by atoms with van der Waals surface area (Å²) in [5.41, 5.74) is 2.75. The molecule has 0 bridgehead atoms. The Morgan fingerprint density at radius 2 is 1.56 bits per heavy atom. The Bertz CT molecular complexity index is 699. The molecule has 0 aromatic heterocycles. The third-order valence-electron chi connectivity index (χ3n) is 5.01. The van der Waals surface area contributed by atoms with E-state index < -0.39 is 0 Å². The van der Waals surface area contributed by atoms with Crippen LogP contribution in [0.25, 0.3) is 0 Å². The second kappa shape index (κ2) is 10.1. The SMILES string of the molecule is CCCc1ccc(OC(=O)CCCOc2ccc(C(C)(C)CC)cc2)cc1. The fraction of sp³-hybridized carbons (Fsp3) is 0.458. The summed E-state index contributed by atoms with van der Waals surface area (Å²) in [4.78, 5) is 11.9. The van der Waals surface area contributed by atoms with E-state index in [1.54, 1.807) is 0 Å². The molecule has 2 aromatic carbocycles. The molecule has 146 valence electrons. The highest BCUT2D eigenvalue weighted by molar-refractivity contribution is 5.72. The zero-order valence-corrected chi connectivity index (χ0v) is 17.1. The maximum atomic E-state index is 11.9. The monoisotopic (exact) mass is 368 g/mol. The first-order valence-electron chi connectivity index (χ1n) is 9.97. The van der Waals surface area contributed by atoms with Gasteiger partial charge in [-0.1, -0.05) is 58.4 Å². The predicted octanol–water partition coefficient (Wildman–Crippen LogP) is 6.09. The third kappa shape index (κ3) is 6.74. The van der Waals surface area contributed by atoms with Crippen molar-refractivity contribution >= 4 is 5.97 Å². The van der Waals surface area contributed by atoms with E-state index >= 15 is 0 Å². The van der Waals surface area contributed by atoms with Crippen molar-refractivity contribution in [1.29, 1.82) is 0 Å². The highest BCUT2D eigenvalue weighted by atomic mass is 16.5. The quantitative estimate of drug-likeness (QED) is 0.289.